The highest BCUT2D eigenvalue weighted by molar-refractivity contribution is 7.13. The van der Waals surface area contributed by atoms with Crippen LogP contribution in [0.5, 0.6) is 5.75 Å². The van der Waals surface area contributed by atoms with Gasteiger partial charge in [-0.05, 0) is 59.8 Å². The Hall–Kier alpha value is -3.57. The second kappa shape index (κ2) is 7.93. The molecule has 0 spiro atoms. The Morgan fingerprint density at radius 2 is 1.87 bits per heavy atom. The van der Waals surface area contributed by atoms with E-state index >= 15 is 0 Å². The summed E-state index contributed by atoms with van der Waals surface area (Å²) in [5.41, 5.74) is 10.7. The Balaban J connectivity index is 1.76. The second-order valence-corrected chi connectivity index (χ2v) is 8.39. The number of nitrogens with two attached hydrogens (primary N) is 1. The molecular weight excluding hydrogens is 404 g/mol. The van der Waals surface area contributed by atoms with Gasteiger partial charge in [0.1, 0.15) is 5.75 Å². The lowest BCUT2D eigenvalue weighted by Crippen LogP contribution is -2.11. The molecule has 0 aliphatic rings. The van der Waals surface area contributed by atoms with Gasteiger partial charge in [0.15, 0.2) is 0 Å². The molecular formula is C26H22N2O2S. The van der Waals surface area contributed by atoms with E-state index in [1.807, 2.05) is 25.1 Å². The van der Waals surface area contributed by atoms with Crippen LogP contribution in [-0.4, -0.2) is 17.1 Å². The first kappa shape index (κ1) is 19.4. The summed E-state index contributed by atoms with van der Waals surface area (Å²) in [7, 11) is 0. The molecule has 2 heterocycles. The van der Waals surface area contributed by atoms with Crippen LogP contribution >= 0.6 is 11.3 Å². The first-order valence-corrected chi connectivity index (χ1v) is 11.1. The van der Waals surface area contributed by atoms with Crippen LogP contribution in [0, 0.1) is 0 Å². The molecule has 154 valence electrons. The van der Waals surface area contributed by atoms with Crippen molar-refractivity contribution in [1.29, 1.82) is 0 Å². The van der Waals surface area contributed by atoms with Crippen molar-refractivity contribution in [1.82, 2.24) is 4.57 Å². The van der Waals surface area contributed by atoms with Gasteiger partial charge in [0.2, 0.25) is 5.91 Å². The van der Waals surface area contributed by atoms with Gasteiger partial charge in [-0.3, -0.25) is 4.79 Å². The normalized spacial score (nSPS) is 11.3. The molecule has 0 saturated carbocycles. The molecule has 0 atom stereocenters. The number of rotatable bonds is 6. The van der Waals surface area contributed by atoms with Crippen molar-refractivity contribution < 1.29 is 9.53 Å². The Morgan fingerprint density at radius 1 is 1.00 bits per heavy atom. The smallest absolute Gasteiger partial charge is 0.249 e. The zero-order valence-corrected chi connectivity index (χ0v) is 18.0. The van der Waals surface area contributed by atoms with Crippen molar-refractivity contribution in [3.8, 4) is 16.2 Å². The van der Waals surface area contributed by atoms with Crippen molar-refractivity contribution in [3.05, 3.63) is 89.3 Å². The third-order valence-electron chi connectivity index (χ3n) is 5.51. The predicted molar refractivity (Wildman–Crippen MR) is 128 cm³/mol. The Labute approximate surface area is 184 Å². The number of thiophene rings is 1. The molecule has 0 bridgehead atoms. The SMILES string of the molecule is CCOc1cccc(Cn2c3cc(-c4cccs4)ccc3c3c(C(N)=O)cccc32)c1. The summed E-state index contributed by atoms with van der Waals surface area (Å²) in [6.07, 6.45) is 0. The van der Waals surface area contributed by atoms with Crippen LogP contribution in [0.3, 0.4) is 0 Å². The molecule has 4 nitrogen and oxygen atoms in total. The van der Waals surface area contributed by atoms with E-state index in [4.69, 9.17) is 10.5 Å². The molecule has 31 heavy (non-hydrogen) atoms. The second-order valence-electron chi connectivity index (χ2n) is 7.44. The van der Waals surface area contributed by atoms with Gasteiger partial charge in [0.05, 0.1) is 17.6 Å². The van der Waals surface area contributed by atoms with Gasteiger partial charge < -0.3 is 15.0 Å². The number of hydrogen-bond donors (Lipinski definition) is 1. The summed E-state index contributed by atoms with van der Waals surface area (Å²) in [6.45, 7) is 3.28. The van der Waals surface area contributed by atoms with Crippen molar-refractivity contribution >= 4 is 39.0 Å². The van der Waals surface area contributed by atoms with Gasteiger partial charge in [-0.2, -0.15) is 0 Å². The number of aromatic nitrogens is 1. The molecule has 0 aliphatic heterocycles. The summed E-state index contributed by atoms with van der Waals surface area (Å²) < 4.78 is 7.95. The molecule has 5 aromatic rings. The standard InChI is InChI=1S/C26H22N2O2S/c1-2-30-19-7-3-6-17(14-19)16-28-22-9-4-8-21(26(27)29)25(22)20-12-11-18(15-23(20)28)24-10-5-13-31-24/h3-15H,2,16H2,1H3,(H2,27,29). The third kappa shape index (κ3) is 3.47. The molecule has 0 fully saturated rings. The summed E-state index contributed by atoms with van der Waals surface area (Å²) in [5.74, 6) is 0.447. The fraction of sp³-hybridized carbons (Fsp3) is 0.115. The summed E-state index contributed by atoms with van der Waals surface area (Å²) >= 11 is 1.72. The Morgan fingerprint density at radius 3 is 2.65 bits per heavy atom. The molecule has 3 aromatic carbocycles. The van der Waals surface area contributed by atoms with Crippen LogP contribution in [0.1, 0.15) is 22.8 Å². The van der Waals surface area contributed by atoms with Crippen molar-refractivity contribution in [3.63, 3.8) is 0 Å². The summed E-state index contributed by atoms with van der Waals surface area (Å²) in [4.78, 5) is 13.4. The van der Waals surface area contributed by atoms with Crippen molar-refractivity contribution in [2.75, 3.05) is 6.61 Å². The maximum absolute atomic E-state index is 12.2. The van der Waals surface area contributed by atoms with E-state index in [-0.39, 0.29) is 0 Å². The van der Waals surface area contributed by atoms with Crippen LogP contribution in [0.4, 0.5) is 0 Å². The maximum Gasteiger partial charge on any atom is 0.249 e. The van der Waals surface area contributed by atoms with E-state index in [1.165, 1.54) is 4.88 Å². The quantitative estimate of drug-likeness (QED) is 0.358. The molecule has 5 heteroatoms. The van der Waals surface area contributed by atoms with E-state index in [1.54, 1.807) is 17.4 Å². The first-order chi connectivity index (χ1) is 15.2. The number of hydrogen-bond acceptors (Lipinski definition) is 3. The third-order valence-corrected chi connectivity index (χ3v) is 6.43. The fourth-order valence-electron chi connectivity index (χ4n) is 4.20. The van der Waals surface area contributed by atoms with Crippen molar-refractivity contribution in [2.45, 2.75) is 13.5 Å². The molecule has 0 saturated heterocycles. The molecule has 5 rings (SSSR count). The van der Waals surface area contributed by atoms with Crippen LogP contribution in [0.2, 0.25) is 0 Å². The average Bonchev–Trinajstić information content (AvgIpc) is 3.41. The van der Waals surface area contributed by atoms with E-state index < -0.39 is 5.91 Å². The molecule has 0 unspecified atom stereocenters. The molecule has 1 amide bonds. The van der Waals surface area contributed by atoms with Gasteiger partial charge in [0.25, 0.3) is 0 Å². The minimum Gasteiger partial charge on any atom is -0.494 e. The molecule has 0 aliphatic carbocycles. The molecule has 2 N–H and O–H groups in total. The maximum atomic E-state index is 12.2. The zero-order valence-electron chi connectivity index (χ0n) is 17.2. The van der Waals surface area contributed by atoms with Crippen molar-refractivity contribution in [2.24, 2.45) is 5.73 Å². The number of primary amides is 1. The lowest BCUT2D eigenvalue weighted by Gasteiger charge is -2.10. The fourth-order valence-corrected chi connectivity index (χ4v) is 4.92. The first-order valence-electron chi connectivity index (χ1n) is 10.3. The Kier molecular flexibility index (Phi) is 4.96. The van der Waals surface area contributed by atoms with Gasteiger partial charge in [-0.15, -0.1) is 11.3 Å². The minimum atomic E-state index is -0.412. The monoisotopic (exact) mass is 426 g/mol. The van der Waals surface area contributed by atoms with Crippen LogP contribution in [-0.2, 0) is 6.54 Å². The lowest BCUT2D eigenvalue weighted by atomic mass is 10.0. The Bertz CT molecular complexity index is 1400. The lowest BCUT2D eigenvalue weighted by molar-refractivity contribution is 0.100. The van der Waals surface area contributed by atoms with E-state index in [0.29, 0.717) is 18.7 Å². The number of carbonyl (C=O) groups excluding carboxylic acids is 1. The molecule has 2 aromatic heterocycles. The number of ether oxygens (including phenoxy) is 1. The minimum absolute atomic E-state index is 0.412. The van der Waals surface area contributed by atoms with Gasteiger partial charge in [-0.25, -0.2) is 0 Å². The van der Waals surface area contributed by atoms with E-state index in [9.17, 15) is 4.79 Å². The summed E-state index contributed by atoms with van der Waals surface area (Å²) in [6, 6.07) is 24.5. The van der Waals surface area contributed by atoms with Crippen LogP contribution in [0.15, 0.2) is 78.2 Å². The van der Waals surface area contributed by atoms with E-state index in [0.717, 1.165) is 38.7 Å². The van der Waals surface area contributed by atoms with Gasteiger partial charge in [-0.1, -0.05) is 36.4 Å². The number of carbonyl (C=O) groups is 1. The van der Waals surface area contributed by atoms with Gasteiger partial charge >= 0.3 is 0 Å². The largest absolute Gasteiger partial charge is 0.494 e. The predicted octanol–water partition coefficient (Wildman–Crippen LogP) is 6.07. The number of nitrogens with zero attached hydrogens (tertiary/aromatic N) is 1. The molecule has 0 radical (unpaired) electrons. The topological polar surface area (TPSA) is 57.2 Å². The highest BCUT2D eigenvalue weighted by Gasteiger charge is 2.17. The van der Waals surface area contributed by atoms with Gasteiger partial charge in [0, 0.05) is 27.8 Å². The summed E-state index contributed by atoms with van der Waals surface area (Å²) in [5, 5.41) is 4.02. The number of benzene rings is 3. The van der Waals surface area contributed by atoms with Crippen LogP contribution in [0.25, 0.3) is 32.2 Å². The van der Waals surface area contributed by atoms with Crippen LogP contribution < -0.4 is 10.5 Å². The average molecular weight is 427 g/mol. The highest BCUT2D eigenvalue weighted by Crippen LogP contribution is 2.36. The number of amides is 1. The highest BCUT2D eigenvalue weighted by atomic mass is 32.1. The van der Waals surface area contributed by atoms with E-state index in [2.05, 4.69) is 58.5 Å². The zero-order chi connectivity index (χ0) is 21.4. The number of fused-ring (bicyclic) bond motifs is 3.